The monoisotopic (exact) mass is 268 g/mol. The number of amides is 1. The van der Waals surface area contributed by atoms with E-state index in [-0.39, 0.29) is 12.0 Å². The number of hydrogen-bond acceptors (Lipinski definition) is 3. The molecule has 18 heavy (non-hydrogen) atoms. The third-order valence-corrected chi connectivity index (χ3v) is 3.44. The standard InChI is InChI=1S/C13H17ClN2O2/c1-2-18-10-4-7-16(8-5-10)13(17)11-3-6-15-9-12(11)14/h3,6,9-10H,2,4-5,7-8H2,1H3. The second-order valence-electron chi connectivity index (χ2n) is 4.30. The first kappa shape index (κ1) is 13.3. The predicted octanol–water partition coefficient (Wildman–Crippen LogP) is 2.38. The Balaban J connectivity index is 1.98. The molecule has 5 heteroatoms. The maximum absolute atomic E-state index is 12.3. The first-order chi connectivity index (χ1) is 8.72. The summed E-state index contributed by atoms with van der Waals surface area (Å²) in [4.78, 5) is 18.0. The van der Waals surface area contributed by atoms with Crippen LogP contribution in [0.3, 0.4) is 0 Å². The molecule has 0 bridgehead atoms. The van der Waals surface area contributed by atoms with E-state index in [2.05, 4.69) is 4.98 Å². The van der Waals surface area contributed by atoms with E-state index in [4.69, 9.17) is 16.3 Å². The van der Waals surface area contributed by atoms with Crippen LogP contribution in [0.5, 0.6) is 0 Å². The summed E-state index contributed by atoms with van der Waals surface area (Å²) < 4.78 is 5.57. The number of rotatable bonds is 3. The summed E-state index contributed by atoms with van der Waals surface area (Å²) >= 11 is 5.98. The first-order valence-electron chi connectivity index (χ1n) is 6.22. The van der Waals surface area contributed by atoms with Crippen LogP contribution in [0.2, 0.25) is 5.02 Å². The van der Waals surface area contributed by atoms with Crippen LogP contribution < -0.4 is 0 Å². The summed E-state index contributed by atoms with van der Waals surface area (Å²) in [6.07, 6.45) is 5.16. The van der Waals surface area contributed by atoms with Gasteiger partial charge in [-0.2, -0.15) is 0 Å². The molecule has 1 amide bonds. The highest BCUT2D eigenvalue weighted by Crippen LogP contribution is 2.20. The molecule has 0 aromatic carbocycles. The number of halogens is 1. The Hall–Kier alpha value is -1.13. The van der Waals surface area contributed by atoms with E-state index < -0.39 is 0 Å². The summed E-state index contributed by atoms with van der Waals surface area (Å²) in [6.45, 7) is 4.17. The van der Waals surface area contributed by atoms with Gasteiger partial charge in [-0.25, -0.2) is 0 Å². The summed E-state index contributed by atoms with van der Waals surface area (Å²) in [5.74, 6) is -0.0163. The highest BCUT2D eigenvalue weighted by molar-refractivity contribution is 6.33. The fourth-order valence-corrected chi connectivity index (χ4v) is 2.38. The van der Waals surface area contributed by atoms with Crippen LogP contribution in [0.15, 0.2) is 18.5 Å². The van der Waals surface area contributed by atoms with Crippen molar-refractivity contribution in [2.24, 2.45) is 0 Å². The third kappa shape index (κ3) is 3.00. The van der Waals surface area contributed by atoms with Gasteiger partial charge in [0, 0.05) is 32.1 Å². The second kappa shape index (κ2) is 6.16. The lowest BCUT2D eigenvalue weighted by atomic mass is 10.1. The lowest BCUT2D eigenvalue weighted by Gasteiger charge is -2.31. The Bertz CT molecular complexity index is 417. The van der Waals surface area contributed by atoms with E-state index in [0.717, 1.165) is 32.5 Å². The Morgan fingerprint density at radius 2 is 2.28 bits per heavy atom. The van der Waals surface area contributed by atoms with Crippen molar-refractivity contribution in [2.45, 2.75) is 25.9 Å². The lowest BCUT2D eigenvalue weighted by Crippen LogP contribution is -2.41. The van der Waals surface area contributed by atoms with Crippen LogP contribution in [-0.4, -0.2) is 41.6 Å². The van der Waals surface area contributed by atoms with Crippen molar-refractivity contribution < 1.29 is 9.53 Å². The number of piperidine rings is 1. The molecule has 0 aliphatic carbocycles. The van der Waals surface area contributed by atoms with Gasteiger partial charge in [-0.05, 0) is 25.8 Å². The van der Waals surface area contributed by atoms with E-state index in [1.54, 1.807) is 12.3 Å². The topological polar surface area (TPSA) is 42.4 Å². The van der Waals surface area contributed by atoms with Gasteiger partial charge in [-0.3, -0.25) is 9.78 Å². The van der Waals surface area contributed by atoms with Gasteiger partial charge in [0.2, 0.25) is 0 Å². The number of nitrogens with zero attached hydrogens (tertiary/aromatic N) is 2. The highest BCUT2D eigenvalue weighted by Gasteiger charge is 2.24. The Labute approximate surface area is 112 Å². The second-order valence-corrected chi connectivity index (χ2v) is 4.71. The molecule has 1 fully saturated rings. The highest BCUT2D eigenvalue weighted by atomic mass is 35.5. The molecule has 2 heterocycles. The minimum atomic E-state index is -0.0163. The molecule has 0 saturated carbocycles. The van der Waals surface area contributed by atoms with Crippen LogP contribution in [0, 0.1) is 0 Å². The first-order valence-corrected chi connectivity index (χ1v) is 6.60. The zero-order valence-corrected chi connectivity index (χ0v) is 11.2. The van der Waals surface area contributed by atoms with Gasteiger partial charge in [0.1, 0.15) is 0 Å². The normalized spacial score (nSPS) is 16.9. The summed E-state index contributed by atoms with van der Waals surface area (Å²) in [5.41, 5.74) is 0.529. The van der Waals surface area contributed by atoms with E-state index in [0.29, 0.717) is 10.6 Å². The molecular formula is C13H17ClN2O2. The number of aromatic nitrogens is 1. The van der Waals surface area contributed by atoms with Crippen molar-refractivity contribution in [3.05, 3.63) is 29.0 Å². The van der Waals surface area contributed by atoms with Crippen LogP contribution in [0.1, 0.15) is 30.1 Å². The Morgan fingerprint density at radius 1 is 1.56 bits per heavy atom. The van der Waals surface area contributed by atoms with Crippen LogP contribution >= 0.6 is 11.6 Å². The average Bonchev–Trinajstić information content (AvgIpc) is 2.40. The zero-order valence-electron chi connectivity index (χ0n) is 10.4. The molecule has 2 rings (SSSR count). The summed E-state index contributed by atoms with van der Waals surface area (Å²) in [7, 11) is 0. The smallest absolute Gasteiger partial charge is 0.255 e. The molecule has 0 unspecified atom stereocenters. The number of hydrogen-bond donors (Lipinski definition) is 0. The maximum atomic E-state index is 12.3. The molecule has 1 aromatic rings. The van der Waals surface area contributed by atoms with Crippen molar-refractivity contribution in [2.75, 3.05) is 19.7 Å². The van der Waals surface area contributed by atoms with Crippen molar-refractivity contribution in [1.82, 2.24) is 9.88 Å². The number of likely N-dealkylation sites (tertiary alicyclic amines) is 1. The molecule has 4 nitrogen and oxygen atoms in total. The van der Waals surface area contributed by atoms with Gasteiger partial charge < -0.3 is 9.64 Å². The molecule has 1 aliphatic rings. The van der Waals surface area contributed by atoms with Gasteiger partial charge >= 0.3 is 0 Å². The van der Waals surface area contributed by atoms with Crippen molar-refractivity contribution in [3.63, 3.8) is 0 Å². The molecule has 0 atom stereocenters. The van der Waals surface area contributed by atoms with Crippen LogP contribution in [-0.2, 0) is 4.74 Å². The minimum absolute atomic E-state index is 0.0163. The van der Waals surface area contributed by atoms with Crippen molar-refractivity contribution in [3.8, 4) is 0 Å². The largest absolute Gasteiger partial charge is 0.378 e. The van der Waals surface area contributed by atoms with Crippen LogP contribution in [0.4, 0.5) is 0 Å². The van der Waals surface area contributed by atoms with E-state index in [9.17, 15) is 4.79 Å². The molecule has 1 aromatic heterocycles. The van der Waals surface area contributed by atoms with Gasteiger partial charge in [-0.1, -0.05) is 11.6 Å². The van der Waals surface area contributed by atoms with Crippen molar-refractivity contribution >= 4 is 17.5 Å². The van der Waals surface area contributed by atoms with Gasteiger partial charge in [0.15, 0.2) is 0 Å². The SMILES string of the molecule is CCOC1CCN(C(=O)c2ccncc2Cl)CC1. The molecule has 1 saturated heterocycles. The third-order valence-electron chi connectivity index (χ3n) is 3.13. The zero-order chi connectivity index (χ0) is 13.0. The lowest BCUT2D eigenvalue weighted by molar-refractivity contribution is 0.0146. The maximum Gasteiger partial charge on any atom is 0.255 e. The quantitative estimate of drug-likeness (QED) is 0.845. The van der Waals surface area contributed by atoms with Gasteiger partial charge in [0.05, 0.1) is 16.7 Å². The predicted molar refractivity (Wildman–Crippen MR) is 69.8 cm³/mol. The average molecular weight is 269 g/mol. The molecule has 0 radical (unpaired) electrons. The van der Waals surface area contributed by atoms with E-state index in [1.165, 1.54) is 6.20 Å². The fraction of sp³-hybridized carbons (Fsp3) is 0.538. The fourth-order valence-electron chi connectivity index (χ4n) is 2.18. The number of carbonyl (C=O) groups is 1. The van der Waals surface area contributed by atoms with Crippen LogP contribution in [0.25, 0.3) is 0 Å². The number of pyridine rings is 1. The summed E-state index contributed by atoms with van der Waals surface area (Å²) in [6, 6.07) is 1.67. The van der Waals surface area contributed by atoms with Crippen molar-refractivity contribution in [1.29, 1.82) is 0 Å². The minimum Gasteiger partial charge on any atom is -0.378 e. The molecule has 98 valence electrons. The van der Waals surface area contributed by atoms with Gasteiger partial charge in [0.25, 0.3) is 5.91 Å². The molecular weight excluding hydrogens is 252 g/mol. The van der Waals surface area contributed by atoms with Gasteiger partial charge in [-0.15, -0.1) is 0 Å². The molecule has 0 N–H and O–H groups in total. The Morgan fingerprint density at radius 3 is 2.89 bits per heavy atom. The number of carbonyl (C=O) groups excluding carboxylic acids is 1. The molecule has 1 aliphatic heterocycles. The van der Waals surface area contributed by atoms with E-state index in [1.807, 2.05) is 11.8 Å². The summed E-state index contributed by atoms with van der Waals surface area (Å²) in [5, 5.41) is 0.412. The molecule has 0 spiro atoms. The van der Waals surface area contributed by atoms with E-state index >= 15 is 0 Å². The number of ether oxygens (including phenoxy) is 1. The Kier molecular flexibility index (Phi) is 4.55.